The second kappa shape index (κ2) is 12.9. The Balaban J connectivity index is 1.32. The summed E-state index contributed by atoms with van der Waals surface area (Å²) in [5.74, 6) is 2.43. The number of morpholine rings is 2. The Hall–Kier alpha value is -3.28. The second-order valence-corrected chi connectivity index (χ2v) is 11.8. The molecule has 2 atom stereocenters. The lowest BCUT2D eigenvalue weighted by atomic mass is 10.1. The van der Waals surface area contributed by atoms with Gasteiger partial charge in [-0.05, 0) is 75.7 Å². The lowest BCUT2D eigenvalue weighted by Crippen LogP contribution is -2.46. The van der Waals surface area contributed by atoms with Crippen molar-refractivity contribution in [2.24, 2.45) is 0 Å². The van der Waals surface area contributed by atoms with E-state index in [1.54, 1.807) is 7.11 Å². The molecule has 0 aliphatic carbocycles. The van der Waals surface area contributed by atoms with Gasteiger partial charge < -0.3 is 34.2 Å². The number of anilines is 2. The van der Waals surface area contributed by atoms with Crippen LogP contribution >= 0.6 is 12.2 Å². The number of methoxy groups -OCH3 is 1. The van der Waals surface area contributed by atoms with E-state index in [0.29, 0.717) is 31.4 Å². The minimum absolute atomic E-state index is 0.105. The van der Waals surface area contributed by atoms with E-state index in [2.05, 4.69) is 58.1 Å². The minimum atomic E-state index is 0.105. The molecule has 3 fully saturated rings. The molecule has 3 aliphatic rings. The van der Waals surface area contributed by atoms with Crippen molar-refractivity contribution in [3.63, 3.8) is 0 Å². The minimum Gasteiger partial charge on any atom is -0.496 e. The Bertz CT molecular complexity index is 1400. The lowest BCUT2D eigenvalue weighted by Gasteiger charge is -2.36. The molecule has 42 heavy (non-hydrogen) atoms. The number of aromatic nitrogens is 3. The number of rotatable bonds is 6. The maximum Gasteiger partial charge on any atom is 0.229 e. The van der Waals surface area contributed by atoms with Crippen LogP contribution in [-0.4, -0.2) is 96.8 Å². The molecule has 5 heterocycles. The predicted octanol–water partition coefficient (Wildman–Crippen LogP) is 4.01. The number of fused-ring (bicyclic) bond motifs is 1. The number of hydrogen-bond acceptors (Lipinski definition) is 9. The standard InChI is InChI=1S/C31H41N7O3S/c1-21-19-38(20-22(2)41-21)30-34-28-25(29(35-30)36-13-15-40-16-14-36)8-9-26(33-28)23-7-10-27(39-3)24(17-23)18-32-31(42)37-11-5-4-6-12-37/h7-10,17,21-22H,4-6,11-16,18-20H2,1-3H3,(H,32,42). The molecular formula is C31H41N7O3S. The molecule has 3 aromatic rings. The van der Waals surface area contributed by atoms with Crippen LogP contribution in [0.25, 0.3) is 22.3 Å². The zero-order chi connectivity index (χ0) is 29.1. The molecule has 0 saturated carbocycles. The fourth-order valence-electron chi connectivity index (χ4n) is 6.10. The van der Waals surface area contributed by atoms with E-state index in [-0.39, 0.29) is 12.2 Å². The van der Waals surface area contributed by atoms with Crippen LogP contribution in [0.15, 0.2) is 30.3 Å². The third-order valence-corrected chi connectivity index (χ3v) is 8.59. The van der Waals surface area contributed by atoms with E-state index in [0.717, 1.165) is 78.2 Å². The van der Waals surface area contributed by atoms with Crippen molar-refractivity contribution < 1.29 is 14.2 Å². The molecule has 2 aromatic heterocycles. The lowest BCUT2D eigenvalue weighted by molar-refractivity contribution is -0.00570. The van der Waals surface area contributed by atoms with Gasteiger partial charge in [0.25, 0.3) is 0 Å². The summed E-state index contributed by atoms with van der Waals surface area (Å²) in [4.78, 5) is 22.0. The predicted molar refractivity (Wildman–Crippen MR) is 169 cm³/mol. The first-order chi connectivity index (χ1) is 20.5. The third-order valence-electron chi connectivity index (χ3n) is 8.19. The summed E-state index contributed by atoms with van der Waals surface area (Å²) in [6, 6.07) is 10.4. The normalized spacial score (nSPS) is 21.5. The van der Waals surface area contributed by atoms with Crippen molar-refractivity contribution in [3.8, 4) is 17.0 Å². The Labute approximate surface area is 253 Å². The van der Waals surface area contributed by atoms with Gasteiger partial charge in [0, 0.05) is 56.9 Å². The number of pyridine rings is 1. The Morgan fingerprint density at radius 1 is 0.952 bits per heavy atom. The maximum atomic E-state index is 5.98. The van der Waals surface area contributed by atoms with Gasteiger partial charge in [0.1, 0.15) is 11.6 Å². The maximum absolute atomic E-state index is 5.98. The number of likely N-dealkylation sites (tertiary alicyclic amines) is 1. The molecule has 3 aliphatic heterocycles. The molecule has 0 radical (unpaired) electrons. The summed E-state index contributed by atoms with van der Waals surface area (Å²) in [6.45, 7) is 11.2. The van der Waals surface area contributed by atoms with E-state index in [1.807, 2.05) is 6.07 Å². The number of ether oxygens (including phenoxy) is 3. The van der Waals surface area contributed by atoms with Crippen LogP contribution in [0.1, 0.15) is 38.7 Å². The number of benzene rings is 1. The average molecular weight is 592 g/mol. The third kappa shape index (κ3) is 6.38. The van der Waals surface area contributed by atoms with Gasteiger partial charge in [-0.15, -0.1) is 0 Å². The molecule has 0 spiro atoms. The number of hydrogen-bond donors (Lipinski definition) is 1. The highest BCUT2D eigenvalue weighted by Crippen LogP contribution is 2.31. The van der Waals surface area contributed by atoms with Crippen LogP contribution < -0.4 is 19.9 Å². The van der Waals surface area contributed by atoms with E-state index in [4.69, 9.17) is 41.4 Å². The Morgan fingerprint density at radius 3 is 2.45 bits per heavy atom. The average Bonchev–Trinajstić information content (AvgIpc) is 3.03. The van der Waals surface area contributed by atoms with Crippen LogP contribution in [0.4, 0.5) is 11.8 Å². The first-order valence-corrected chi connectivity index (χ1v) is 15.5. The Kier molecular flexibility index (Phi) is 8.87. The van der Waals surface area contributed by atoms with Crippen molar-refractivity contribution in [1.29, 1.82) is 0 Å². The van der Waals surface area contributed by atoms with Crippen LogP contribution in [0.3, 0.4) is 0 Å². The van der Waals surface area contributed by atoms with Crippen molar-refractivity contribution in [3.05, 3.63) is 35.9 Å². The van der Waals surface area contributed by atoms with E-state index in [1.165, 1.54) is 19.3 Å². The monoisotopic (exact) mass is 591 g/mol. The van der Waals surface area contributed by atoms with Gasteiger partial charge in [0.05, 0.1) is 43.6 Å². The number of thiocarbonyl (C=S) groups is 1. The number of piperidine rings is 1. The van der Waals surface area contributed by atoms with Crippen LogP contribution in [-0.2, 0) is 16.0 Å². The molecule has 1 N–H and O–H groups in total. The van der Waals surface area contributed by atoms with E-state index in [9.17, 15) is 0 Å². The van der Waals surface area contributed by atoms with Gasteiger partial charge in [-0.2, -0.15) is 9.97 Å². The summed E-state index contributed by atoms with van der Waals surface area (Å²) >= 11 is 5.70. The molecule has 0 amide bonds. The van der Waals surface area contributed by atoms with Crippen LogP contribution in [0.5, 0.6) is 5.75 Å². The zero-order valence-corrected chi connectivity index (χ0v) is 25.7. The topological polar surface area (TPSA) is 88.1 Å². The SMILES string of the molecule is COc1ccc(-c2ccc3c(N4CCOCC4)nc(N4CC(C)OC(C)C4)nc3n2)cc1CNC(=S)N1CCCCC1. The van der Waals surface area contributed by atoms with Crippen LogP contribution in [0.2, 0.25) is 0 Å². The summed E-state index contributed by atoms with van der Waals surface area (Å²) < 4.78 is 17.3. The van der Waals surface area contributed by atoms with Gasteiger partial charge in [-0.3, -0.25) is 0 Å². The fourth-order valence-corrected chi connectivity index (χ4v) is 6.35. The first kappa shape index (κ1) is 28.8. The fraction of sp³-hybridized carbons (Fsp3) is 0.548. The highest BCUT2D eigenvalue weighted by molar-refractivity contribution is 7.80. The van der Waals surface area contributed by atoms with Gasteiger partial charge in [0.2, 0.25) is 5.95 Å². The smallest absolute Gasteiger partial charge is 0.229 e. The first-order valence-electron chi connectivity index (χ1n) is 15.1. The van der Waals surface area contributed by atoms with E-state index >= 15 is 0 Å². The van der Waals surface area contributed by atoms with Gasteiger partial charge in [-0.1, -0.05) is 0 Å². The van der Waals surface area contributed by atoms with Crippen LogP contribution in [0, 0.1) is 0 Å². The summed E-state index contributed by atoms with van der Waals surface area (Å²) in [5, 5.41) is 5.20. The van der Waals surface area contributed by atoms with Crippen molar-refractivity contribution in [2.45, 2.75) is 51.9 Å². The molecule has 3 saturated heterocycles. The molecule has 0 bridgehead atoms. The van der Waals surface area contributed by atoms with Crippen molar-refractivity contribution in [1.82, 2.24) is 25.2 Å². The molecule has 2 unspecified atom stereocenters. The Morgan fingerprint density at radius 2 is 1.71 bits per heavy atom. The van der Waals surface area contributed by atoms with Gasteiger partial charge >= 0.3 is 0 Å². The number of nitrogens with one attached hydrogen (secondary N) is 1. The number of nitrogens with zero attached hydrogens (tertiary/aromatic N) is 6. The van der Waals surface area contributed by atoms with E-state index < -0.39 is 0 Å². The molecular weight excluding hydrogens is 550 g/mol. The molecule has 1 aromatic carbocycles. The quantitative estimate of drug-likeness (QED) is 0.422. The van der Waals surface area contributed by atoms with Gasteiger partial charge in [0.15, 0.2) is 10.8 Å². The second-order valence-electron chi connectivity index (χ2n) is 11.4. The molecule has 10 nitrogen and oxygen atoms in total. The molecule has 6 rings (SSSR count). The highest BCUT2D eigenvalue weighted by atomic mass is 32.1. The van der Waals surface area contributed by atoms with Gasteiger partial charge in [-0.25, -0.2) is 4.98 Å². The molecule has 224 valence electrons. The summed E-state index contributed by atoms with van der Waals surface area (Å²) in [5.41, 5.74) is 3.57. The summed E-state index contributed by atoms with van der Waals surface area (Å²) in [6.07, 6.45) is 3.87. The largest absolute Gasteiger partial charge is 0.496 e. The molecule has 11 heteroatoms. The zero-order valence-electron chi connectivity index (χ0n) is 24.8. The highest BCUT2D eigenvalue weighted by Gasteiger charge is 2.27. The van der Waals surface area contributed by atoms with Crippen molar-refractivity contribution in [2.75, 3.05) is 69.4 Å². The summed E-state index contributed by atoms with van der Waals surface area (Å²) in [7, 11) is 1.70. The van der Waals surface area contributed by atoms with Crippen molar-refractivity contribution >= 4 is 40.1 Å².